The highest BCUT2D eigenvalue weighted by atomic mass is 79.9. The fourth-order valence-corrected chi connectivity index (χ4v) is 3.15. The number of unbranched alkanes of at least 4 members (excludes halogenated alkanes) is 10. The SMILES string of the molecule is C#CC#C[C@H](O)CCCCCCCCC/C=C(/Br)CCCCCC. The van der Waals surface area contributed by atoms with Crippen molar-refractivity contribution in [1.29, 1.82) is 0 Å². The average molecular weight is 395 g/mol. The first-order chi connectivity index (χ1) is 11.7. The van der Waals surface area contributed by atoms with Crippen molar-refractivity contribution in [3.8, 4) is 24.2 Å². The lowest BCUT2D eigenvalue weighted by molar-refractivity contribution is 0.217. The summed E-state index contributed by atoms with van der Waals surface area (Å²) in [4.78, 5) is 0. The monoisotopic (exact) mass is 394 g/mol. The van der Waals surface area contributed by atoms with Crippen molar-refractivity contribution in [2.45, 2.75) is 103 Å². The summed E-state index contributed by atoms with van der Waals surface area (Å²) in [5, 5.41) is 9.53. The molecule has 0 aliphatic heterocycles. The van der Waals surface area contributed by atoms with Crippen LogP contribution in [0.3, 0.4) is 0 Å². The van der Waals surface area contributed by atoms with Crippen LogP contribution in [-0.4, -0.2) is 11.2 Å². The Morgan fingerprint density at radius 3 is 2.29 bits per heavy atom. The van der Waals surface area contributed by atoms with Crippen LogP contribution in [0.4, 0.5) is 0 Å². The minimum Gasteiger partial charge on any atom is -0.380 e. The molecule has 24 heavy (non-hydrogen) atoms. The van der Waals surface area contributed by atoms with Crippen molar-refractivity contribution < 1.29 is 5.11 Å². The number of halogens is 1. The van der Waals surface area contributed by atoms with Crippen LogP contribution in [-0.2, 0) is 0 Å². The van der Waals surface area contributed by atoms with E-state index < -0.39 is 6.10 Å². The lowest BCUT2D eigenvalue weighted by Crippen LogP contribution is -2.01. The molecule has 1 N–H and O–H groups in total. The molecule has 2 heteroatoms. The number of terminal acetylenes is 1. The van der Waals surface area contributed by atoms with Gasteiger partial charge in [0.05, 0.1) is 0 Å². The third kappa shape index (κ3) is 17.7. The van der Waals surface area contributed by atoms with Crippen LogP contribution >= 0.6 is 15.9 Å². The van der Waals surface area contributed by atoms with Crippen molar-refractivity contribution in [1.82, 2.24) is 0 Å². The quantitative estimate of drug-likeness (QED) is 0.240. The molecule has 0 rings (SSSR count). The Hall–Kier alpha value is -0.700. The first-order valence-corrected chi connectivity index (χ1v) is 10.5. The Balaban J connectivity index is 3.34. The van der Waals surface area contributed by atoms with Crippen LogP contribution in [0, 0.1) is 24.2 Å². The number of aliphatic hydroxyl groups excluding tert-OH is 1. The van der Waals surface area contributed by atoms with Gasteiger partial charge >= 0.3 is 0 Å². The molecule has 0 fully saturated rings. The molecule has 1 atom stereocenters. The summed E-state index contributed by atoms with van der Waals surface area (Å²) in [5.74, 6) is 7.35. The second-order valence-electron chi connectivity index (χ2n) is 6.44. The van der Waals surface area contributed by atoms with Crippen molar-refractivity contribution >= 4 is 15.9 Å². The standard InChI is InChI=1S/C22H35BrO/c1-3-5-7-14-17-21(23)18-15-12-10-8-9-11-13-16-20-22(24)19-6-4-2/h2,18,22,24H,3,5,7-17,20H2,1H3/b21-18+/t22-/m0/s1. The lowest BCUT2D eigenvalue weighted by atomic mass is 10.1. The zero-order valence-corrected chi connectivity index (χ0v) is 17.0. The normalized spacial score (nSPS) is 12.3. The predicted octanol–water partition coefficient (Wildman–Crippen LogP) is 6.74. The summed E-state index contributed by atoms with van der Waals surface area (Å²) in [5.41, 5.74) is 0. The average Bonchev–Trinajstić information content (AvgIpc) is 2.58. The molecule has 0 aromatic heterocycles. The number of hydrogen-bond donors (Lipinski definition) is 1. The van der Waals surface area contributed by atoms with E-state index in [1.54, 1.807) is 0 Å². The van der Waals surface area contributed by atoms with Gasteiger partial charge in [0.25, 0.3) is 0 Å². The van der Waals surface area contributed by atoms with Gasteiger partial charge in [-0.15, -0.1) is 6.42 Å². The maximum atomic E-state index is 9.53. The predicted molar refractivity (Wildman–Crippen MR) is 110 cm³/mol. The van der Waals surface area contributed by atoms with E-state index in [1.165, 1.54) is 81.5 Å². The fraction of sp³-hybridized carbons (Fsp3) is 0.727. The van der Waals surface area contributed by atoms with Crippen LogP contribution < -0.4 is 0 Å². The second-order valence-corrected chi connectivity index (χ2v) is 7.46. The molecule has 0 bridgehead atoms. The van der Waals surface area contributed by atoms with E-state index in [2.05, 4.69) is 46.7 Å². The summed E-state index contributed by atoms with van der Waals surface area (Å²) < 4.78 is 1.39. The van der Waals surface area contributed by atoms with Gasteiger partial charge in [0.2, 0.25) is 0 Å². The number of allylic oxidation sites excluding steroid dienone is 2. The van der Waals surface area contributed by atoms with Crippen LogP contribution in [0.1, 0.15) is 96.8 Å². The van der Waals surface area contributed by atoms with E-state index >= 15 is 0 Å². The van der Waals surface area contributed by atoms with Gasteiger partial charge in [-0.25, -0.2) is 0 Å². The molecule has 0 aromatic rings. The zero-order chi connectivity index (χ0) is 17.9. The third-order valence-electron chi connectivity index (χ3n) is 4.13. The lowest BCUT2D eigenvalue weighted by Gasteiger charge is -2.04. The van der Waals surface area contributed by atoms with Crippen molar-refractivity contribution in [3.05, 3.63) is 10.6 Å². The van der Waals surface area contributed by atoms with Crippen molar-refractivity contribution in [3.63, 3.8) is 0 Å². The summed E-state index contributed by atoms with van der Waals surface area (Å²) in [6.07, 6.45) is 24.0. The van der Waals surface area contributed by atoms with Crippen LogP contribution in [0.5, 0.6) is 0 Å². The number of aliphatic hydroxyl groups is 1. The van der Waals surface area contributed by atoms with Gasteiger partial charge in [0.1, 0.15) is 6.10 Å². The zero-order valence-electron chi connectivity index (χ0n) is 15.5. The molecule has 0 heterocycles. The maximum absolute atomic E-state index is 9.53. The van der Waals surface area contributed by atoms with E-state index in [9.17, 15) is 5.11 Å². The summed E-state index contributed by atoms with van der Waals surface area (Å²) >= 11 is 3.69. The van der Waals surface area contributed by atoms with Gasteiger partial charge < -0.3 is 5.11 Å². The molecule has 0 unspecified atom stereocenters. The summed E-state index contributed by atoms with van der Waals surface area (Å²) in [7, 11) is 0. The van der Waals surface area contributed by atoms with Crippen LogP contribution in [0.15, 0.2) is 10.6 Å². The second kappa shape index (κ2) is 18.6. The Kier molecular flexibility index (Phi) is 18.1. The van der Waals surface area contributed by atoms with E-state index in [-0.39, 0.29) is 0 Å². The van der Waals surface area contributed by atoms with Crippen molar-refractivity contribution in [2.24, 2.45) is 0 Å². The third-order valence-corrected chi connectivity index (χ3v) is 4.85. The molecule has 0 spiro atoms. The van der Waals surface area contributed by atoms with Crippen LogP contribution in [0.25, 0.3) is 0 Å². The van der Waals surface area contributed by atoms with E-state index in [0.717, 1.165) is 12.8 Å². The Labute approximate surface area is 158 Å². The first-order valence-electron chi connectivity index (χ1n) is 9.69. The fourth-order valence-electron chi connectivity index (χ4n) is 2.64. The molecule has 0 aliphatic rings. The topological polar surface area (TPSA) is 20.2 Å². The molecule has 0 amide bonds. The summed E-state index contributed by atoms with van der Waals surface area (Å²) in [6.45, 7) is 2.25. The molecule has 0 saturated heterocycles. The Morgan fingerprint density at radius 2 is 1.62 bits per heavy atom. The minimum absolute atomic E-state index is 0.548. The van der Waals surface area contributed by atoms with Gasteiger partial charge in [-0.05, 0) is 54.8 Å². The van der Waals surface area contributed by atoms with Gasteiger partial charge in [-0.1, -0.05) is 86.2 Å². The van der Waals surface area contributed by atoms with Crippen molar-refractivity contribution in [2.75, 3.05) is 0 Å². The molecular weight excluding hydrogens is 360 g/mol. The largest absolute Gasteiger partial charge is 0.380 e. The van der Waals surface area contributed by atoms with Gasteiger partial charge in [0, 0.05) is 0 Å². The first kappa shape index (κ1) is 23.3. The Morgan fingerprint density at radius 1 is 1.00 bits per heavy atom. The smallest absolute Gasteiger partial charge is 0.115 e. The molecule has 0 aliphatic carbocycles. The van der Waals surface area contributed by atoms with E-state index in [1.807, 2.05) is 0 Å². The molecule has 0 aromatic carbocycles. The molecule has 0 radical (unpaired) electrons. The van der Waals surface area contributed by atoms with Gasteiger partial charge in [0.15, 0.2) is 0 Å². The summed E-state index contributed by atoms with van der Waals surface area (Å²) in [6, 6.07) is 0. The molecule has 1 nitrogen and oxygen atoms in total. The van der Waals surface area contributed by atoms with Gasteiger partial charge in [-0.3, -0.25) is 0 Å². The van der Waals surface area contributed by atoms with Crippen LogP contribution in [0.2, 0.25) is 0 Å². The molecular formula is C22H35BrO. The van der Waals surface area contributed by atoms with E-state index in [4.69, 9.17) is 6.42 Å². The minimum atomic E-state index is -0.548. The van der Waals surface area contributed by atoms with Gasteiger partial charge in [-0.2, -0.15) is 0 Å². The maximum Gasteiger partial charge on any atom is 0.115 e. The highest BCUT2D eigenvalue weighted by Crippen LogP contribution is 2.18. The number of hydrogen-bond acceptors (Lipinski definition) is 1. The number of rotatable bonds is 15. The Bertz CT molecular complexity index is 408. The highest BCUT2D eigenvalue weighted by Gasteiger charge is 1.99. The molecule has 0 saturated carbocycles. The molecule has 136 valence electrons. The highest BCUT2D eigenvalue weighted by molar-refractivity contribution is 9.11. The van der Waals surface area contributed by atoms with E-state index in [0.29, 0.717) is 0 Å².